The molecule has 0 aliphatic carbocycles. The van der Waals surface area contributed by atoms with E-state index >= 15 is 0 Å². The van der Waals surface area contributed by atoms with Crippen molar-refractivity contribution in [3.63, 3.8) is 0 Å². The fourth-order valence-corrected chi connectivity index (χ4v) is 3.03. The van der Waals surface area contributed by atoms with Crippen LogP contribution in [0.15, 0.2) is 24.3 Å². The molecule has 1 aromatic rings. The molecule has 1 aliphatic rings. The van der Waals surface area contributed by atoms with Crippen molar-refractivity contribution >= 4 is 0 Å². The molecule has 0 saturated carbocycles. The topological polar surface area (TPSA) is 26.7 Å². The fourth-order valence-electron chi connectivity index (χ4n) is 3.03. The molecule has 3 nitrogen and oxygen atoms in total. The number of nitrogens with zero attached hydrogens (tertiary/aromatic N) is 2. The van der Waals surface area contributed by atoms with E-state index in [9.17, 15) is 5.11 Å². The van der Waals surface area contributed by atoms with Gasteiger partial charge in [0.15, 0.2) is 0 Å². The summed E-state index contributed by atoms with van der Waals surface area (Å²) < 4.78 is 0. The Bertz CT molecular complexity index is 397. The van der Waals surface area contributed by atoms with Crippen molar-refractivity contribution in [2.45, 2.75) is 25.8 Å². The molecule has 2 rings (SSSR count). The van der Waals surface area contributed by atoms with Crippen LogP contribution in [0.25, 0.3) is 0 Å². The molecule has 1 unspecified atom stereocenters. The highest BCUT2D eigenvalue weighted by molar-refractivity contribution is 5.29. The quantitative estimate of drug-likeness (QED) is 0.904. The van der Waals surface area contributed by atoms with Crippen LogP contribution in [-0.4, -0.2) is 48.6 Å². The minimum atomic E-state index is 0.367. The first-order valence-corrected chi connectivity index (χ1v) is 7.24. The fraction of sp³-hybridized carbons (Fsp3) is 0.625. The molecule has 106 valence electrons. The third kappa shape index (κ3) is 3.95. The van der Waals surface area contributed by atoms with Crippen molar-refractivity contribution in [2.75, 3.05) is 33.7 Å². The van der Waals surface area contributed by atoms with Crippen molar-refractivity contribution in [2.24, 2.45) is 5.92 Å². The van der Waals surface area contributed by atoms with Gasteiger partial charge < -0.3 is 10.0 Å². The molecule has 0 radical (unpaired) electrons. The van der Waals surface area contributed by atoms with Crippen molar-refractivity contribution in [3.8, 4) is 5.75 Å². The molecule has 1 N–H and O–H groups in total. The van der Waals surface area contributed by atoms with Gasteiger partial charge in [0, 0.05) is 12.6 Å². The second-order valence-corrected chi connectivity index (χ2v) is 6.01. The SMILES string of the molecule is CC(c1cccc(O)c1)N1CCC(CN(C)C)CC1. The molecule has 1 atom stereocenters. The van der Waals surface area contributed by atoms with Crippen LogP contribution in [0.2, 0.25) is 0 Å². The highest BCUT2D eigenvalue weighted by atomic mass is 16.3. The summed E-state index contributed by atoms with van der Waals surface area (Å²) in [6, 6.07) is 8.05. The highest BCUT2D eigenvalue weighted by Gasteiger charge is 2.23. The standard InChI is InChI=1S/C16H26N2O/c1-13(15-5-4-6-16(19)11-15)18-9-7-14(8-10-18)12-17(2)3/h4-6,11,13-14,19H,7-10,12H2,1-3H3. The van der Waals surface area contributed by atoms with Gasteiger partial charge in [-0.05, 0) is 70.6 Å². The summed E-state index contributed by atoms with van der Waals surface area (Å²) in [5.74, 6) is 1.20. The lowest BCUT2D eigenvalue weighted by molar-refractivity contribution is 0.127. The summed E-state index contributed by atoms with van der Waals surface area (Å²) in [6.45, 7) is 5.76. The molecule has 19 heavy (non-hydrogen) atoms. The molecule has 0 amide bonds. The Morgan fingerprint density at radius 2 is 2.00 bits per heavy atom. The molecule has 1 fully saturated rings. The third-order valence-corrected chi connectivity index (χ3v) is 4.17. The third-order valence-electron chi connectivity index (χ3n) is 4.17. The number of hydrogen-bond donors (Lipinski definition) is 1. The van der Waals surface area contributed by atoms with E-state index in [0.717, 1.165) is 19.0 Å². The summed E-state index contributed by atoms with van der Waals surface area (Å²) in [4.78, 5) is 4.82. The lowest BCUT2D eigenvalue weighted by Gasteiger charge is -2.37. The molecule has 0 bridgehead atoms. The van der Waals surface area contributed by atoms with Gasteiger partial charge in [-0.15, -0.1) is 0 Å². The van der Waals surface area contributed by atoms with Gasteiger partial charge in [-0.2, -0.15) is 0 Å². The Morgan fingerprint density at radius 1 is 1.32 bits per heavy atom. The minimum absolute atomic E-state index is 0.367. The van der Waals surface area contributed by atoms with Crippen LogP contribution < -0.4 is 0 Å². The van der Waals surface area contributed by atoms with E-state index in [0.29, 0.717) is 11.8 Å². The Kier molecular flexibility index (Phi) is 4.83. The summed E-state index contributed by atoms with van der Waals surface area (Å²) in [7, 11) is 4.31. The average Bonchev–Trinajstić information content (AvgIpc) is 2.38. The second kappa shape index (κ2) is 6.40. The van der Waals surface area contributed by atoms with Gasteiger partial charge in [0.25, 0.3) is 0 Å². The molecule has 1 aromatic carbocycles. The summed E-state index contributed by atoms with van der Waals surface area (Å²) in [5, 5.41) is 9.58. The zero-order valence-electron chi connectivity index (χ0n) is 12.3. The molecule has 0 aromatic heterocycles. The smallest absolute Gasteiger partial charge is 0.115 e. The minimum Gasteiger partial charge on any atom is -0.508 e. The average molecular weight is 262 g/mol. The van der Waals surface area contributed by atoms with E-state index in [1.807, 2.05) is 12.1 Å². The number of phenols is 1. The summed E-state index contributed by atoms with van der Waals surface area (Å²) in [6.07, 6.45) is 2.56. The van der Waals surface area contributed by atoms with Crippen LogP contribution in [0.5, 0.6) is 5.75 Å². The molecule has 1 heterocycles. The first-order chi connectivity index (χ1) is 9.06. The number of hydrogen-bond acceptors (Lipinski definition) is 3. The highest BCUT2D eigenvalue weighted by Crippen LogP contribution is 2.28. The van der Waals surface area contributed by atoms with Crippen LogP contribution in [0, 0.1) is 5.92 Å². The van der Waals surface area contributed by atoms with E-state index in [-0.39, 0.29) is 0 Å². The van der Waals surface area contributed by atoms with Gasteiger partial charge in [0.2, 0.25) is 0 Å². The van der Waals surface area contributed by atoms with E-state index in [1.54, 1.807) is 6.07 Å². The monoisotopic (exact) mass is 262 g/mol. The van der Waals surface area contributed by atoms with E-state index in [2.05, 4.69) is 36.9 Å². The number of benzene rings is 1. The lowest BCUT2D eigenvalue weighted by Crippen LogP contribution is -2.38. The predicted molar refractivity (Wildman–Crippen MR) is 79.4 cm³/mol. The predicted octanol–water partition coefficient (Wildman–Crippen LogP) is 2.73. The van der Waals surface area contributed by atoms with E-state index < -0.39 is 0 Å². The first kappa shape index (κ1) is 14.4. The van der Waals surface area contributed by atoms with Crippen LogP contribution in [0.4, 0.5) is 0 Å². The largest absolute Gasteiger partial charge is 0.508 e. The van der Waals surface area contributed by atoms with Gasteiger partial charge in [-0.3, -0.25) is 4.90 Å². The van der Waals surface area contributed by atoms with Crippen LogP contribution in [-0.2, 0) is 0 Å². The number of phenolic OH excluding ortho intramolecular Hbond substituents is 1. The zero-order chi connectivity index (χ0) is 13.8. The van der Waals surface area contributed by atoms with Crippen molar-refractivity contribution in [1.82, 2.24) is 9.80 Å². The molecule has 1 aliphatic heterocycles. The zero-order valence-corrected chi connectivity index (χ0v) is 12.3. The Labute approximate surface area is 116 Å². The van der Waals surface area contributed by atoms with Gasteiger partial charge in [0.1, 0.15) is 5.75 Å². The van der Waals surface area contributed by atoms with Gasteiger partial charge >= 0.3 is 0 Å². The summed E-state index contributed by atoms with van der Waals surface area (Å²) in [5.41, 5.74) is 1.21. The molecule has 3 heteroatoms. The first-order valence-electron chi connectivity index (χ1n) is 7.24. The van der Waals surface area contributed by atoms with E-state index in [4.69, 9.17) is 0 Å². The molecular weight excluding hydrogens is 236 g/mol. The van der Waals surface area contributed by atoms with Gasteiger partial charge in [0.05, 0.1) is 0 Å². The van der Waals surface area contributed by atoms with Gasteiger partial charge in [-0.1, -0.05) is 12.1 Å². The Morgan fingerprint density at radius 3 is 2.58 bits per heavy atom. The summed E-state index contributed by atoms with van der Waals surface area (Å²) >= 11 is 0. The molecule has 1 saturated heterocycles. The van der Waals surface area contributed by atoms with Crippen molar-refractivity contribution < 1.29 is 5.11 Å². The number of aromatic hydroxyl groups is 1. The maximum absolute atomic E-state index is 9.58. The normalized spacial score (nSPS) is 19.8. The number of rotatable bonds is 4. The molecule has 0 spiro atoms. The van der Waals surface area contributed by atoms with Crippen molar-refractivity contribution in [1.29, 1.82) is 0 Å². The number of likely N-dealkylation sites (tertiary alicyclic amines) is 1. The van der Waals surface area contributed by atoms with Crippen LogP contribution in [0.3, 0.4) is 0 Å². The van der Waals surface area contributed by atoms with Crippen LogP contribution in [0.1, 0.15) is 31.4 Å². The molecular formula is C16H26N2O. The maximum Gasteiger partial charge on any atom is 0.115 e. The lowest BCUT2D eigenvalue weighted by atomic mass is 9.94. The van der Waals surface area contributed by atoms with E-state index in [1.165, 1.54) is 24.9 Å². The Hall–Kier alpha value is -1.06. The van der Waals surface area contributed by atoms with Crippen molar-refractivity contribution in [3.05, 3.63) is 29.8 Å². The number of piperidine rings is 1. The van der Waals surface area contributed by atoms with Crippen LogP contribution >= 0.6 is 0 Å². The van der Waals surface area contributed by atoms with Gasteiger partial charge in [-0.25, -0.2) is 0 Å². The second-order valence-electron chi connectivity index (χ2n) is 6.01. The Balaban J connectivity index is 1.90. The maximum atomic E-state index is 9.58.